The number of rotatable bonds is 3. The first kappa shape index (κ1) is 14.7. The number of amides is 1. The Bertz CT molecular complexity index is 672. The van der Waals surface area contributed by atoms with Crippen LogP contribution < -0.4 is 5.43 Å². The van der Waals surface area contributed by atoms with Crippen LogP contribution in [-0.4, -0.2) is 17.2 Å². The molecule has 6 heteroatoms. The number of carbonyl (C=O) groups excluding carboxylic acids is 1. The van der Waals surface area contributed by atoms with Crippen molar-refractivity contribution in [3.8, 4) is 5.75 Å². The van der Waals surface area contributed by atoms with E-state index >= 15 is 0 Å². The number of phenolic OH excluding ortho intramolecular Hbond substituents is 1. The number of hydrogen-bond acceptors (Lipinski definition) is 3. The van der Waals surface area contributed by atoms with E-state index in [0.717, 1.165) is 4.47 Å². The molecule has 1 amide bonds. The molecule has 102 valence electrons. The maximum Gasteiger partial charge on any atom is 0.272 e. The zero-order chi connectivity index (χ0) is 14.5. The summed E-state index contributed by atoms with van der Waals surface area (Å²) < 4.78 is 1.51. The minimum Gasteiger partial charge on any atom is -0.507 e. The van der Waals surface area contributed by atoms with E-state index in [1.165, 1.54) is 6.21 Å². The van der Waals surface area contributed by atoms with Crippen molar-refractivity contribution < 1.29 is 9.90 Å². The Kier molecular flexibility index (Phi) is 4.92. The van der Waals surface area contributed by atoms with Crippen LogP contribution in [0.15, 0.2) is 56.5 Å². The summed E-state index contributed by atoms with van der Waals surface area (Å²) in [6, 6.07) is 12.0. The van der Waals surface area contributed by atoms with Gasteiger partial charge >= 0.3 is 0 Å². The number of hydrazone groups is 1. The highest BCUT2D eigenvalue weighted by Gasteiger charge is 2.07. The monoisotopic (exact) mass is 396 g/mol. The minimum atomic E-state index is -0.330. The lowest BCUT2D eigenvalue weighted by Gasteiger charge is -2.02. The Morgan fingerprint density at radius 3 is 2.70 bits per heavy atom. The smallest absolute Gasteiger partial charge is 0.272 e. The molecule has 0 heterocycles. The lowest BCUT2D eigenvalue weighted by atomic mass is 10.2. The number of carbonyl (C=O) groups is 1. The van der Waals surface area contributed by atoms with Gasteiger partial charge in [-0.05, 0) is 46.3 Å². The summed E-state index contributed by atoms with van der Waals surface area (Å²) in [5, 5.41) is 13.5. The number of hydrogen-bond donors (Lipinski definition) is 2. The van der Waals surface area contributed by atoms with Crippen molar-refractivity contribution in [2.45, 2.75) is 0 Å². The molecule has 0 unspecified atom stereocenters. The fraction of sp³-hybridized carbons (Fsp3) is 0. The Hall–Kier alpha value is -1.66. The van der Waals surface area contributed by atoms with Crippen LogP contribution in [0.2, 0.25) is 0 Å². The number of aromatic hydroxyl groups is 1. The molecule has 0 fully saturated rings. The Balaban J connectivity index is 2.09. The van der Waals surface area contributed by atoms with Gasteiger partial charge in [0.05, 0.1) is 11.8 Å². The molecule has 0 bridgehead atoms. The Labute approximate surface area is 132 Å². The standard InChI is InChI=1S/C14H10Br2N2O2/c15-10-5-6-13(19)9(7-10)8-17-18-14(20)11-3-1-2-4-12(11)16/h1-8,19H,(H,18,20)/b17-8-. The van der Waals surface area contributed by atoms with Gasteiger partial charge in [0.1, 0.15) is 5.75 Å². The second-order valence-corrected chi connectivity index (χ2v) is 5.65. The highest BCUT2D eigenvalue weighted by Crippen LogP contribution is 2.20. The zero-order valence-electron chi connectivity index (χ0n) is 10.2. The van der Waals surface area contributed by atoms with Crippen LogP contribution in [0, 0.1) is 0 Å². The second kappa shape index (κ2) is 6.67. The molecule has 2 aromatic rings. The predicted octanol–water partition coefficient (Wildman–Crippen LogP) is 3.68. The van der Waals surface area contributed by atoms with E-state index in [4.69, 9.17) is 0 Å². The molecule has 2 N–H and O–H groups in total. The van der Waals surface area contributed by atoms with E-state index < -0.39 is 0 Å². The van der Waals surface area contributed by atoms with Crippen LogP contribution in [0.25, 0.3) is 0 Å². The lowest BCUT2D eigenvalue weighted by Crippen LogP contribution is -2.18. The number of nitrogens with zero attached hydrogens (tertiary/aromatic N) is 1. The molecule has 0 saturated carbocycles. The third kappa shape index (κ3) is 3.68. The van der Waals surface area contributed by atoms with Gasteiger partial charge < -0.3 is 5.11 Å². The van der Waals surface area contributed by atoms with Crippen LogP contribution >= 0.6 is 31.9 Å². The van der Waals surface area contributed by atoms with Crippen molar-refractivity contribution in [3.05, 3.63) is 62.5 Å². The molecular weight excluding hydrogens is 388 g/mol. The average molecular weight is 398 g/mol. The van der Waals surface area contributed by atoms with Gasteiger partial charge in [-0.1, -0.05) is 28.1 Å². The fourth-order valence-corrected chi connectivity index (χ4v) is 2.34. The molecule has 0 saturated heterocycles. The molecule has 0 aliphatic rings. The molecule has 0 aliphatic carbocycles. The zero-order valence-corrected chi connectivity index (χ0v) is 13.3. The predicted molar refractivity (Wildman–Crippen MR) is 85.0 cm³/mol. The van der Waals surface area contributed by atoms with Gasteiger partial charge in [-0.25, -0.2) is 5.43 Å². The topological polar surface area (TPSA) is 61.7 Å². The van der Waals surface area contributed by atoms with Crippen LogP contribution in [-0.2, 0) is 0 Å². The average Bonchev–Trinajstić information content (AvgIpc) is 2.43. The third-order valence-electron chi connectivity index (χ3n) is 2.48. The highest BCUT2D eigenvalue weighted by molar-refractivity contribution is 9.10. The van der Waals surface area contributed by atoms with E-state index in [9.17, 15) is 9.90 Å². The molecular formula is C14H10Br2N2O2. The van der Waals surface area contributed by atoms with Gasteiger partial charge in [-0.3, -0.25) is 4.79 Å². The van der Waals surface area contributed by atoms with Gasteiger partial charge in [-0.15, -0.1) is 0 Å². The van der Waals surface area contributed by atoms with Crippen LogP contribution in [0.1, 0.15) is 15.9 Å². The summed E-state index contributed by atoms with van der Waals surface area (Å²) in [7, 11) is 0. The van der Waals surface area contributed by atoms with Crippen molar-refractivity contribution in [1.82, 2.24) is 5.43 Å². The minimum absolute atomic E-state index is 0.0899. The molecule has 0 spiro atoms. The van der Waals surface area contributed by atoms with Crippen molar-refractivity contribution in [3.63, 3.8) is 0 Å². The molecule has 0 aliphatic heterocycles. The van der Waals surface area contributed by atoms with E-state index in [1.807, 2.05) is 6.07 Å². The molecule has 2 rings (SSSR count). The molecule has 20 heavy (non-hydrogen) atoms. The summed E-state index contributed by atoms with van der Waals surface area (Å²) in [5.74, 6) is -0.240. The molecule has 0 atom stereocenters. The summed E-state index contributed by atoms with van der Waals surface area (Å²) in [6.45, 7) is 0. The normalized spacial score (nSPS) is 10.7. The first-order valence-corrected chi connectivity index (χ1v) is 7.23. The maximum atomic E-state index is 11.9. The maximum absolute atomic E-state index is 11.9. The summed E-state index contributed by atoms with van der Waals surface area (Å²) in [5.41, 5.74) is 3.40. The Morgan fingerprint density at radius 1 is 1.20 bits per heavy atom. The van der Waals surface area contributed by atoms with Gasteiger partial charge in [0.25, 0.3) is 5.91 Å². The third-order valence-corrected chi connectivity index (χ3v) is 3.66. The van der Waals surface area contributed by atoms with Crippen LogP contribution in [0.3, 0.4) is 0 Å². The number of nitrogens with one attached hydrogen (secondary N) is 1. The van der Waals surface area contributed by atoms with Gasteiger partial charge in [-0.2, -0.15) is 5.10 Å². The highest BCUT2D eigenvalue weighted by atomic mass is 79.9. The van der Waals surface area contributed by atoms with E-state index in [0.29, 0.717) is 15.6 Å². The molecule has 0 radical (unpaired) electrons. The van der Waals surface area contributed by atoms with Crippen molar-refractivity contribution in [1.29, 1.82) is 0 Å². The molecule has 2 aromatic carbocycles. The first-order chi connectivity index (χ1) is 9.58. The van der Waals surface area contributed by atoms with Gasteiger partial charge in [0.15, 0.2) is 0 Å². The fourth-order valence-electron chi connectivity index (χ4n) is 1.49. The SMILES string of the molecule is O=C(N/N=C\c1cc(Br)ccc1O)c1ccccc1Br. The van der Waals surface area contributed by atoms with E-state index in [2.05, 4.69) is 42.4 Å². The van der Waals surface area contributed by atoms with Crippen LogP contribution in [0.4, 0.5) is 0 Å². The van der Waals surface area contributed by atoms with Crippen molar-refractivity contribution in [2.75, 3.05) is 0 Å². The van der Waals surface area contributed by atoms with Gasteiger partial charge in [0, 0.05) is 14.5 Å². The lowest BCUT2D eigenvalue weighted by molar-refractivity contribution is 0.0954. The molecule has 0 aromatic heterocycles. The number of halogens is 2. The Morgan fingerprint density at radius 2 is 1.95 bits per heavy atom. The van der Waals surface area contributed by atoms with Crippen molar-refractivity contribution >= 4 is 44.0 Å². The summed E-state index contributed by atoms with van der Waals surface area (Å²) in [4.78, 5) is 11.9. The largest absolute Gasteiger partial charge is 0.507 e. The van der Waals surface area contributed by atoms with Crippen molar-refractivity contribution in [2.24, 2.45) is 5.10 Å². The van der Waals surface area contributed by atoms with Crippen LogP contribution in [0.5, 0.6) is 5.75 Å². The number of benzene rings is 2. The quantitative estimate of drug-likeness (QED) is 0.612. The first-order valence-electron chi connectivity index (χ1n) is 5.64. The van der Waals surface area contributed by atoms with E-state index in [1.54, 1.807) is 36.4 Å². The molecule has 4 nitrogen and oxygen atoms in total. The van der Waals surface area contributed by atoms with E-state index in [-0.39, 0.29) is 11.7 Å². The summed E-state index contributed by atoms with van der Waals surface area (Å²) >= 11 is 6.59. The van der Waals surface area contributed by atoms with Gasteiger partial charge in [0.2, 0.25) is 0 Å². The summed E-state index contributed by atoms with van der Waals surface area (Å²) in [6.07, 6.45) is 1.38. The number of phenols is 1. The second-order valence-electron chi connectivity index (χ2n) is 3.88.